The Morgan fingerprint density at radius 1 is 1.26 bits per heavy atom. The van der Waals surface area contributed by atoms with Crippen molar-refractivity contribution < 1.29 is 4.74 Å². The van der Waals surface area contributed by atoms with Crippen molar-refractivity contribution >= 4 is 43.2 Å². The summed E-state index contributed by atoms with van der Waals surface area (Å²) in [7, 11) is 0. The molecule has 19 heavy (non-hydrogen) atoms. The van der Waals surface area contributed by atoms with E-state index in [0.717, 1.165) is 26.0 Å². The van der Waals surface area contributed by atoms with Gasteiger partial charge < -0.3 is 10.5 Å². The van der Waals surface area contributed by atoms with Gasteiger partial charge >= 0.3 is 0 Å². The number of halogens is 2. The van der Waals surface area contributed by atoms with Gasteiger partial charge in [-0.1, -0.05) is 15.9 Å². The fraction of sp³-hybridized carbons (Fsp3) is 0.286. The molecule has 102 valence electrons. The van der Waals surface area contributed by atoms with Crippen LogP contribution in [0.3, 0.4) is 0 Å². The molecule has 1 heterocycles. The average molecular weight is 405 g/mol. The predicted octanol–water partition coefficient (Wildman–Crippen LogP) is 4.74. The van der Waals surface area contributed by atoms with E-state index in [2.05, 4.69) is 44.0 Å². The van der Waals surface area contributed by atoms with Gasteiger partial charge in [0, 0.05) is 15.4 Å². The Hall–Kier alpha value is -0.360. The predicted molar refractivity (Wildman–Crippen MR) is 87.8 cm³/mol. The molecule has 2 rings (SSSR count). The minimum atomic E-state index is 0.118. The lowest BCUT2D eigenvalue weighted by atomic mass is 10.1. The van der Waals surface area contributed by atoms with Crippen molar-refractivity contribution in [3.05, 3.63) is 49.0 Å². The quantitative estimate of drug-likeness (QED) is 0.780. The second-order valence-corrected chi connectivity index (χ2v) is 7.89. The van der Waals surface area contributed by atoms with Gasteiger partial charge in [-0.3, -0.25) is 0 Å². The first-order valence-electron chi connectivity index (χ1n) is 5.95. The van der Waals surface area contributed by atoms with Crippen LogP contribution in [0.1, 0.15) is 17.4 Å². The van der Waals surface area contributed by atoms with E-state index in [1.165, 1.54) is 4.88 Å². The summed E-state index contributed by atoms with van der Waals surface area (Å²) in [6.45, 7) is 2.59. The molecule has 1 unspecified atom stereocenters. The number of nitrogens with two attached hydrogens (primary N) is 1. The summed E-state index contributed by atoms with van der Waals surface area (Å²) >= 11 is 8.63. The number of benzene rings is 1. The maximum absolute atomic E-state index is 5.91. The Morgan fingerprint density at radius 3 is 2.68 bits per heavy atom. The highest BCUT2D eigenvalue weighted by Gasteiger charge is 2.08. The topological polar surface area (TPSA) is 35.2 Å². The number of hydrogen-bond donors (Lipinski definition) is 1. The third-order valence-corrected chi connectivity index (χ3v) is 4.65. The van der Waals surface area contributed by atoms with Gasteiger partial charge in [0.15, 0.2) is 0 Å². The van der Waals surface area contributed by atoms with E-state index >= 15 is 0 Å². The van der Waals surface area contributed by atoms with Crippen LogP contribution in [0.5, 0.6) is 5.75 Å². The molecule has 0 saturated heterocycles. The Morgan fingerprint density at radius 2 is 2.05 bits per heavy atom. The highest BCUT2D eigenvalue weighted by atomic mass is 79.9. The molecule has 0 radical (unpaired) electrons. The third kappa shape index (κ3) is 4.60. The zero-order valence-corrected chi connectivity index (χ0v) is 14.5. The summed E-state index contributed by atoms with van der Waals surface area (Å²) in [5.41, 5.74) is 7.02. The van der Waals surface area contributed by atoms with Gasteiger partial charge in [0.1, 0.15) is 12.4 Å². The number of rotatable bonds is 5. The molecule has 2 N–H and O–H groups in total. The van der Waals surface area contributed by atoms with Crippen LogP contribution in [-0.2, 0) is 13.0 Å². The summed E-state index contributed by atoms with van der Waals surface area (Å²) in [6, 6.07) is 10.3. The molecule has 1 atom stereocenters. The number of thiophene rings is 1. The normalized spacial score (nSPS) is 12.4. The smallest absolute Gasteiger partial charge is 0.123 e. The summed E-state index contributed by atoms with van der Waals surface area (Å²) < 4.78 is 8.08. The van der Waals surface area contributed by atoms with Crippen molar-refractivity contribution in [2.75, 3.05) is 0 Å². The summed E-state index contributed by atoms with van der Waals surface area (Å²) in [5.74, 6) is 0.907. The first kappa shape index (κ1) is 15.0. The Labute approximate surface area is 134 Å². The lowest BCUT2D eigenvalue weighted by Crippen LogP contribution is -2.18. The van der Waals surface area contributed by atoms with Crippen LogP contribution in [0.15, 0.2) is 38.6 Å². The van der Waals surface area contributed by atoms with Crippen LogP contribution >= 0.6 is 43.2 Å². The molecule has 0 spiro atoms. The van der Waals surface area contributed by atoms with Crippen molar-refractivity contribution in [2.24, 2.45) is 5.73 Å². The van der Waals surface area contributed by atoms with E-state index in [9.17, 15) is 0 Å². The lowest BCUT2D eigenvalue weighted by Gasteiger charge is -2.13. The standard InChI is InChI=1S/C14H15Br2NOS/c1-9(17)6-10-7-11(15)2-4-13(10)18-8-12-3-5-14(16)19-12/h2-5,7,9H,6,8,17H2,1H3. The minimum absolute atomic E-state index is 0.118. The van der Waals surface area contributed by atoms with Crippen LogP contribution in [0, 0.1) is 0 Å². The van der Waals surface area contributed by atoms with Crippen molar-refractivity contribution in [2.45, 2.75) is 26.0 Å². The van der Waals surface area contributed by atoms with Gasteiger partial charge in [0.2, 0.25) is 0 Å². The van der Waals surface area contributed by atoms with Gasteiger partial charge in [-0.05, 0) is 65.2 Å². The zero-order chi connectivity index (χ0) is 13.8. The summed E-state index contributed by atoms with van der Waals surface area (Å²) in [5, 5.41) is 0. The van der Waals surface area contributed by atoms with E-state index in [4.69, 9.17) is 10.5 Å². The molecule has 0 aliphatic heterocycles. The molecule has 0 aliphatic rings. The van der Waals surface area contributed by atoms with E-state index in [0.29, 0.717) is 6.61 Å². The summed E-state index contributed by atoms with van der Waals surface area (Å²) in [4.78, 5) is 1.20. The van der Waals surface area contributed by atoms with E-state index in [-0.39, 0.29) is 6.04 Å². The van der Waals surface area contributed by atoms with Gasteiger partial charge in [0.05, 0.1) is 3.79 Å². The second-order valence-electron chi connectivity index (χ2n) is 4.43. The molecular formula is C14H15Br2NOS. The van der Waals surface area contributed by atoms with Crippen LogP contribution in [0.25, 0.3) is 0 Å². The SMILES string of the molecule is CC(N)Cc1cc(Br)ccc1OCc1ccc(Br)s1. The lowest BCUT2D eigenvalue weighted by molar-refractivity contribution is 0.306. The first-order chi connectivity index (χ1) is 9.04. The fourth-order valence-electron chi connectivity index (χ4n) is 1.77. The van der Waals surface area contributed by atoms with Gasteiger partial charge in [-0.2, -0.15) is 0 Å². The fourth-order valence-corrected chi connectivity index (χ4v) is 3.58. The van der Waals surface area contributed by atoms with E-state index in [1.807, 2.05) is 25.1 Å². The third-order valence-electron chi connectivity index (χ3n) is 2.56. The zero-order valence-electron chi connectivity index (χ0n) is 10.5. The highest BCUT2D eigenvalue weighted by molar-refractivity contribution is 9.11. The average Bonchev–Trinajstić information content (AvgIpc) is 2.73. The van der Waals surface area contributed by atoms with Crippen molar-refractivity contribution in [3.8, 4) is 5.75 Å². The second kappa shape index (κ2) is 6.88. The van der Waals surface area contributed by atoms with Crippen LogP contribution < -0.4 is 10.5 Å². The molecule has 0 fully saturated rings. The van der Waals surface area contributed by atoms with Crippen LogP contribution in [0.2, 0.25) is 0 Å². The molecule has 0 amide bonds. The van der Waals surface area contributed by atoms with Crippen LogP contribution in [0.4, 0.5) is 0 Å². The Balaban J connectivity index is 2.10. The maximum atomic E-state index is 5.91. The van der Waals surface area contributed by atoms with Gasteiger partial charge in [-0.25, -0.2) is 0 Å². The van der Waals surface area contributed by atoms with E-state index in [1.54, 1.807) is 11.3 Å². The monoisotopic (exact) mass is 403 g/mol. The van der Waals surface area contributed by atoms with Gasteiger partial charge in [-0.15, -0.1) is 11.3 Å². The molecule has 1 aromatic heterocycles. The molecular weight excluding hydrogens is 390 g/mol. The van der Waals surface area contributed by atoms with Crippen molar-refractivity contribution in [1.29, 1.82) is 0 Å². The van der Waals surface area contributed by atoms with Crippen molar-refractivity contribution in [3.63, 3.8) is 0 Å². The van der Waals surface area contributed by atoms with Crippen LogP contribution in [-0.4, -0.2) is 6.04 Å². The largest absolute Gasteiger partial charge is 0.488 e. The van der Waals surface area contributed by atoms with E-state index < -0.39 is 0 Å². The number of ether oxygens (including phenoxy) is 1. The highest BCUT2D eigenvalue weighted by Crippen LogP contribution is 2.27. The molecule has 0 saturated carbocycles. The Bertz CT molecular complexity index is 554. The summed E-state index contributed by atoms with van der Waals surface area (Å²) in [6.07, 6.45) is 0.808. The first-order valence-corrected chi connectivity index (χ1v) is 8.36. The molecule has 1 aromatic carbocycles. The van der Waals surface area contributed by atoms with Crippen molar-refractivity contribution in [1.82, 2.24) is 0 Å². The van der Waals surface area contributed by atoms with Gasteiger partial charge in [0.25, 0.3) is 0 Å². The Kier molecular flexibility index (Phi) is 5.45. The molecule has 2 aromatic rings. The molecule has 5 heteroatoms. The molecule has 0 bridgehead atoms. The maximum Gasteiger partial charge on any atom is 0.123 e. The molecule has 0 aliphatic carbocycles. The minimum Gasteiger partial charge on any atom is -0.488 e. The number of hydrogen-bond acceptors (Lipinski definition) is 3. The molecule has 2 nitrogen and oxygen atoms in total.